The van der Waals surface area contributed by atoms with Crippen LogP contribution in [0.4, 0.5) is 4.79 Å². The molecule has 0 N–H and O–H groups in total. The van der Waals surface area contributed by atoms with E-state index in [9.17, 15) is 14.4 Å². The van der Waals surface area contributed by atoms with Crippen LogP contribution in [-0.4, -0.2) is 28.7 Å². The number of cyclic esters (lactones) is 1. The number of ketones is 1. The molecule has 0 aromatic heterocycles. The van der Waals surface area contributed by atoms with Crippen molar-refractivity contribution in [2.45, 2.75) is 46.3 Å². The number of amides is 2. The highest BCUT2D eigenvalue weighted by atomic mass is 16.6. The van der Waals surface area contributed by atoms with Crippen LogP contribution >= 0.6 is 0 Å². The highest BCUT2D eigenvalue weighted by Crippen LogP contribution is 2.36. The summed E-state index contributed by atoms with van der Waals surface area (Å²) in [6.07, 6.45) is -0.905. The van der Waals surface area contributed by atoms with E-state index in [0.717, 1.165) is 10.5 Å². The van der Waals surface area contributed by atoms with Crippen molar-refractivity contribution in [3.05, 3.63) is 71.8 Å². The molecule has 2 aromatic carbocycles. The number of Topliss-reactive ketones (excluding diaryl/α,β-unsaturated/α-hetero) is 1. The van der Waals surface area contributed by atoms with E-state index >= 15 is 0 Å². The Labute approximate surface area is 171 Å². The number of imide groups is 1. The van der Waals surface area contributed by atoms with Gasteiger partial charge in [0.1, 0.15) is 12.0 Å². The van der Waals surface area contributed by atoms with Crippen molar-refractivity contribution in [2.75, 3.05) is 0 Å². The monoisotopic (exact) mass is 393 g/mol. The number of carbonyl (C=O) groups excluding carboxylic acids is 3. The van der Waals surface area contributed by atoms with Gasteiger partial charge in [0.15, 0.2) is 5.78 Å². The topological polar surface area (TPSA) is 63.7 Å². The molecule has 0 spiro atoms. The lowest BCUT2D eigenvalue weighted by molar-refractivity contribution is -0.132. The lowest BCUT2D eigenvalue weighted by Gasteiger charge is -2.28. The Bertz CT molecular complexity index is 886. The highest BCUT2D eigenvalue weighted by molar-refractivity contribution is 6.13. The Hall–Kier alpha value is -2.95. The third kappa shape index (κ3) is 4.56. The quantitative estimate of drug-likeness (QED) is 0.528. The maximum absolute atomic E-state index is 13.4. The van der Waals surface area contributed by atoms with Gasteiger partial charge in [-0.05, 0) is 24.3 Å². The van der Waals surface area contributed by atoms with E-state index < -0.39 is 30.1 Å². The third-order valence-electron chi connectivity index (χ3n) is 5.12. The summed E-state index contributed by atoms with van der Waals surface area (Å²) in [5.74, 6) is -1.71. The van der Waals surface area contributed by atoms with E-state index in [1.807, 2.05) is 57.2 Å². The molecule has 1 fully saturated rings. The van der Waals surface area contributed by atoms with Crippen molar-refractivity contribution in [3.63, 3.8) is 0 Å². The molecule has 3 rings (SSSR count). The summed E-state index contributed by atoms with van der Waals surface area (Å²) in [5.41, 5.74) is 1.02. The first-order valence-corrected chi connectivity index (χ1v) is 9.87. The molecule has 0 radical (unpaired) electrons. The predicted octanol–water partition coefficient (Wildman–Crippen LogP) is 5.03. The Balaban J connectivity index is 1.91. The standard InChI is InChI=1S/C24H27NO4/c1-16-21(18-13-9-6-10-14-18)29-23(28)25(16)22(27)19(15-24(2,3)4)20(26)17-11-7-5-8-12-17/h5-14,16,19,21H,15H2,1-4H3/t16-,19?,21-/m1/s1. The molecule has 0 aliphatic carbocycles. The molecule has 5 heteroatoms. The van der Waals surface area contributed by atoms with Gasteiger partial charge >= 0.3 is 6.09 Å². The lowest BCUT2D eigenvalue weighted by atomic mass is 9.80. The molecule has 2 amide bonds. The Morgan fingerprint density at radius 2 is 1.55 bits per heavy atom. The van der Waals surface area contributed by atoms with Crippen molar-refractivity contribution < 1.29 is 19.1 Å². The summed E-state index contributed by atoms with van der Waals surface area (Å²) in [6, 6.07) is 17.6. The molecule has 29 heavy (non-hydrogen) atoms. The SMILES string of the molecule is C[C@@H]1[C@H](c2ccccc2)OC(=O)N1C(=O)C(CC(C)(C)C)C(=O)c1ccccc1. The maximum Gasteiger partial charge on any atom is 0.417 e. The lowest BCUT2D eigenvalue weighted by Crippen LogP contribution is -2.45. The molecule has 2 aromatic rings. The van der Waals surface area contributed by atoms with E-state index in [4.69, 9.17) is 4.74 Å². The van der Waals surface area contributed by atoms with Gasteiger partial charge in [0.25, 0.3) is 0 Å². The molecule has 152 valence electrons. The average Bonchev–Trinajstić information content (AvgIpc) is 3.00. The van der Waals surface area contributed by atoms with Crippen LogP contribution in [0, 0.1) is 11.3 Å². The second-order valence-electron chi connectivity index (χ2n) is 8.71. The number of rotatable bonds is 5. The minimum Gasteiger partial charge on any atom is -0.439 e. The van der Waals surface area contributed by atoms with Crippen LogP contribution in [0.3, 0.4) is 0 Å². The predicted molar refractivity (Wildman–Crippen MR) is 110 cm³/mol. The second kappa shape index (κ2) is 8.19. The zero-order valence-electron chi connectivity index (χ0n) is 17.3. The van der Waals surface area contributed by atoms with E-state index in [1.165, 1.54) is 0 Å². The normalized spacial score (nSPS) is 20.3. The zero-order chi connectivity index (χ0) is 21.2. The van der Waals surface area contributed by atoms with Crippen molar-refractivity contribution in [2.24, 2.45) is 11.3 Å². The minimum atomic E-state index is -0.943. The Morgan fingerprint density at radius 3 is 2.10 bits per heavy atom. The van der Waals surface area contributed by atoms with E-state index in [1.54, 1.807) is 31.2 Å². The van der Waals surface area contributed by atoms with Gasteiger partial charge in [-0.2, -0.15) is 0 Å². The van der Waals surface area contributed by atoms with E-state index in [2.05, 4.69) is 0 Å². The highest BCUT2D eigenvalue weighted by Gasteiger charge is 2.47. The summed E-state index contributed by atoms with van der Waals surface area (Å²) in [6.45, 7) is 7.71. The fraction of sp³-hybridized carbons (Fsp3) is 0.375. The molecule has 3 atom stereocenters. The van der Waals surface area contributed by atoms with Crippen molar-refractivity contribution >= 4 is 17.8 Å². The van der Waals surface area contributed by atoms with Crippen molar-refractivity contribution in [1.29, 1.82) is 0 Å². The van der Waals surface area contributed by atoms with Gasteiger partial charge in [-0.3, -0.25) is 9.59 Å². The molecule has 1 saturated heterocycles. The molecular formula is C24H27NO4. The van der Waals surface area contributed by atoms with Crippen LogP contribution in [0.15, 0.2) is 60.7 Å². The first-order chi connectivity index (χ1) is 13.7. The van der Waals surface area contributed by atoms with Gasteiger partial charge in [0, 0.05) is 5.56 Å². The number of hydrogen-bond donors (Lipinski definition) is 0. The zero-order valence-corrected chi connectivity index (χ0v) is 17.3. The molecule has 1 aliphatic rings. The molecular weight excluding hydrogens is 366 g/mol. The first kappa shape index (κ1) is 20.8. The van der Waals surface area contributed by atoms with E-state index in [0.29, 0.717) is 12.0 Å². The van der Waals surface area contributed by atoms with E-state index in [-0.39, 0.29) is 11.2 Å². The number of benzene rings is 2. The summed E-state index contributed by atoms with van der Waals surface area (Å²) < 4.78 is 5.51. The molecule has 5 nitrogen and oxygen atoms in total. The summed E-state index contributed by atoms with van der Waals surface area (Å²) in [7, 11) is 0. The van der Waals surface area contributed by atoms with Gasteiger partial charge in [0.05, 0.1) is 6.04 Å². The summed E-state index contributed by atoms with van der Waals surface area (Å²) in [4.78, 5) is 40.4. The van der Waals surface area contributed by atoms with Gasteiger partial charge in [-0.1, -0.05) is 81.4 Å². The number of nitrogens with zero attached hydrogens (tertiary/aromatic N) is 1. The minimum absolute atomic E-state index is 0.267. The van der Waals surface area contributed by atoms with Crippen LogP contribution in [0.2, 0.25) is 0 Å². The van der Waals surface area contributed by atoms with Crippen LogP contribution in [-0.2, 0) is 9.53 Å². The van der Waals surface area contributed by atoms with Crippen LogP contribution < -0.4 is 0 Å². The van der Waals surface area contributed by atoms with Crippen molar-refractivity contribution in [1.82, 2.24) is 4.90 Å². The van der Waals surface area contributed by atoms with Gasteiger partial charge < -0.3 is 4.74 Å². The second-order valence-corrected chi connectivity index (χ2v) is 8.71. The number of ether oxygens (including phenoxy) is 1. The summed E-state index contributed by atoms with van der Waals surface area (Å²) >= 11 is 0. The third-order valence-corrected chi connectivity index (χ3v) is 5.12. The van der Waals surface area contributed by atoms with Crippen LogP contribution in [0.1, 0.15) is 56.1 Å². The molecule has 1 unspecified atom stereocenters. The fourth-order valence-corrected chi connectivity index (χ4v) is 3.72. The molecule has 0 saturated carbocycles. The molecule has 1 heterocycles. The molecule has 1 aliphatic heterocycles. The van der Waals surface area contributed by atoms with Crippen LogP contribution in [0.5, 0.6) is 0 Å². The first-order valence-electron chi connectivity index (χ1n) is 9.87. The van der Waals surface area contributed by atoms with Gasteiger partial charge in [-0.15, -0.1) is 0 Å². The van der Waals surface area contributed by atoms with Crippen molar-refractivity contribution in [3.8, 4) is 0 Å². The van der Waals surface area contributed by atoms with Gasteiger partial charge in [0.2, 0.25) is 5.91 Å². The Morgan fingerprint density at radius 1 is 1.00 bits per heavy atom. The number of carbonyl (C=O) groups is 3. The average molecular weight is 393 g/mol. The fourth-order valence-electron chi connectivity index (χ4n) is 3.72. The Kier molecular flexibility index (Phi) is 5.87. The largest absolute Gasteiger partial charge is 0.439 e. The summed E-state index contributed by atoms with van der Waals surface area (Å²) in [5, 5.41) is 0. The maximum atomic E-state index is 13.4. The molecule has 0 bridgehead atoms. The number of hydrogen-bond acceptors (Lipinski definition) is 4. The van der Waals surface area contributed by atoms with Crippen LogP contribution in [0.25, 0.3) is 0 Å². The smallest absolute Gasteiger partial charge is 0.417 e. The van der Waals surface area contributed by atoms with Gasteiger partial charge in [-0.25, -0.2) is 9.69 Å².